The first-order chi connectivity index (χ1) is 10.1. The van der Waals surface area contributed by atoms with Crippen molar-refractivity contribution in [2.75, 3.05) is 30.9 Å². The lowest BCUT2D eigenvalue weighted by Crippen LogP contribution is -2.07. The number of anilines is 2. The van der Waals surface area contributed by atoms with Gasteiger partial charge in [0.1, 0.15) is 16.7 Å². The van der Waals surface area contributed by atoms with Crippen LogP contribution in [0.4, 0.5) is 10.9 Å². The van der Waals surface area contributed by atoms with Crippen LogP contribution in [0.3, 0.4) is 0 Å². The van der Waals surface area contributed by atoms with E-state index in [2.05, 4.69) is 39.3 Å². The first-order valence-electron chi connectivity index (χ1n) is 6.92. The minimum Gasteiger partial charge on any atom is -0.370 e. The third-order valence-corrected chi connectivity index (χ3v) is 4.61. The van der Waals surface area contributed by atoms with E-state index in [-0.39, 0.29) is 0 Å². The third-order valence-electron chi connectivity index (χ3n) is 2.55. The number of rotatable bonds is 7. The van der Waals surface area contributed by atoms with E-state index in [1.54, 1.807) is 11.3 Å². The first-order valence-corrected chi connectivity index (χ1v) is 8.56. The Morgan fingerprint density at radius 3 is 2.67 bits per heavy atom. The quantitative estimate of drug-likeness (QED) is 0.785. The molecule has 114 valence electrons. The molecule has 0 amide bonds. The molecule has 0 aliphatic heterocycles. The van der Waals surface area contributed by atoms with Crippen LogP contribution in [-0.4, -0.2) is 40.8 Å². The highest BCUT2D eigenvalue weighted by Gasteiger charge is 2.10. The normalized spacial score (nSPS) is 10.7. The maximum absolute atomic E-state index is 4.59. The summed E-state index contributed by atoms with van der Waals surface area (Å²) in [7, 11) is 3.92. The zero-order valence-electron chi connectivity index (χ0n) is 12.8. The van der Waals surface area contributed by atoms with Gasteiger partial charge in [-0.15, -0.1) is 10.2 Å². The Kier molecular flexibility index (Phi) is 5.75. The highest BCUT2D eigenvalue weighted by atomic mass is 32.2. The molecular formula is C13H20N6S2. The lowest BCUT2D eigenvalue weighted by Gasteiger charge is -2.07. The van der Waals surface area contributed by atoms with Gasteiger partial charge < -0.3 is 10.2 Å². The van der Waals surface area contributed by atoms with Gasteiger partial charge in [0.25, 0.3) is 0 Å². The van der Waals surface area contributed by atoms with Crippen LogP contribution in [0.5, 0.6) is 0 Å². The highest BCUT2D eigenvalue weighted by molar-refractivity contribution is 8.01. The van der Waals surface area contributed by atoms with Gasteiger partial charge in [0, 0.05) is 33.1 Å². The Balaban J connectivity index is 2.20. The van der Waals surface area contributed by atoms with Crippen LogP contribution in [-0.2, 0) is 6.42 Å². The van der Waals surface area contributed by atoms with Gasteiger partial charge in [0.2, 0.25) is 5.13 Å². The van der Waals surface area contributed by atoms with E-state index in [1.807, 2.05) is 25.1 Å². The van der Waals surface area contributed by atoms with Crippen molar-refractivity contribution < 1.29 is 0 Å². The molecule has 6 nitrogen and oxygen atoms in total. The van der Waals surface area contributed by atoms with Crippen molar-refractivity contribution in [2.45, 2.75) is 36.1 Å². The monoisotopic (exact) mass is 324 g/mol. The van der Waals surface area contributed by atoms with Crippen LogP contribution in [0.15, 0.2) is 15.4 Å². The number of aromatic nitrogens is 4. The molecule has 21 heavy (non-hydrogen) atoms. The molecule has 2 heterocycles. The molecule has 0 atom stereocenters. The van der Waals surface area contributed by atoms with Crippen molar-refractivity contribution >= 4 is 34.0 Å². The van der Waals surface area contributed by atoms with Gasteiger partial charge in [0.15, 0.2) is 4.34 Å². The van der Waals surface area contributed by atoms with Gasteiger partial charge in [-0.2, -0.15) is 0 Å². The van der Waals surface area contributed by atoms with E-state index >= 15 is 0 Å². The van der Waals surface area contributed by atoms with Gasteiger partial charge >= 0.3 is 0 Å². The molecule has 8 heteroatoms. The van der Waals surface area contributed by atoms with Crippen molar-refractivity contribution in [1.82, 2.24) is 20.2 Å². The van der Waals surface area contributed by atoms with E-state index in [0.717, 1.165) is 45.5 Å². The van der Waals surface area contributed by atoms with Gasteiger partial charge in [-0.05, 0) is 25.1 Å². The molecule has 1 N–H and O–H groups in total. The SMILES string of the molecule is CCCc1nc(NCC)cc(Sc2nnc(N(C)C)s2)n1. The minimum absolute atomic E-state index is 0.844. The molecule has 0 aliphatic carbocycles. The van der Waals surface area contributed by atoms with Crippen LogP contribution in [0.2, 0.25) is 0 Å². The second kappa shape index (κ2) is 7.56. The van der Waals surface area contributed by atoms with E-state index in [9.17, 15) is 0 Å². The number of nitrogens with zero attached hydrogens (tertiary/aromatic N) is 5. The highest BCUT2D eigenvalue weighted by Crippen LogP contribution is 2.32. The van der Waals surface area contributed by atoms with Crippen LogP contribution >= 0.6 is 23.1 Å². The molecule has 0 unspecified atom stereocenters. The Morgan fingerprint density at radius 2 is 2.05 bits per heavy atom. The van der Waals surface area contributed by atoms with Crippen molar-refractivity contribution in [3.63, 3.8) is 0 Å². The maximum atomic E-state index is 4.59. The zero-order chi connectivity index (χ0) is 15.2. The second-order valence-electron chi connectivity index (χ2n) is 4.64. The Labute approximate surface area is 133 Å². The summed E-state index contributed by atoms with van der Waals surface area (Å²) >= 11 is 3.09. The summed E-state index contributed by atoms with van der Waals surface area (Å²) < 4.78 is 0.891. The molecule has 0 aromatic carbocycles. The summed E-state index contributed by atoms with van der Waals surface area (Å²) in [6, 6.07) is 1.96. The fraction of sp³-hybridized carbons (Fsp3) is 0.538. The fourth-order valence-corrected chi connectivity index (χ4v) is 3.38. The molecule has 2 rings (SSSR count). The molecule has 0 bridgehead atoms. The molecular weight excluding hydrogens is 304 g/mol. The van der Waals surface area contributed by atoms with E-state index in [4.69, 9.17) is 0 Å². The average Bonchev–Trinajstić information content (AvgIpc) is 2.88. The molecule has 0 fully saturated rings. The van der Waals surface area contributed by atoms with Gasteiger partial charge in [-0.25, -0.2) is 9.97 Å². The summed E-state index contributed by atoms with van der Waals surface area (Å²) in [5.74, 6) is 1.74. The maximum Gasteiger partial charge on any atom is 0.208 e. The lowest BCUT2D eigenvalue weighted by atomic mass is 10.3. The Bertz CT molecular complexity index is 560. The average molecular weight is 324 g/mol. The first kappa shape index (κ1) is 16.0. The molecule has 0 saturated heterocycles. The molecule has 0 radical (unpaired) electrons. The van der Waals surface area contributed by atoms with Gasteiger partial charge in [-0.1, -0.05) is 18.3 Å². The Hall–Kier alpha value is -1.41. The fourth-order valence-electron chi connectivity index (χ4n) is 1.65. The summed E-state index contributed by atoms with van der Waals surface area (Å²) in [5, 5.41) is 13.4. The Morgan fingerprint density at radius 1 is 1.24 bits per heavy atom. The summed E-state index contributed by atoms with van der Waals surface area (Å²) in [6.45, 7) is 5.03. The minimum atomic E-state index is 0.844. The van der Waals surface area contributed by atoms with E-state index in [0.29, 0.717) is 0 Å². The topological polar surface area (TPSA) is 66.8 Å². The van der Waals surface area contributed by atoms with Crippen LogP contribution in [0.25, 0.3) is 0 Å². The zero-order valence-corrected chi connectivity index (χ0v) is 14.4. The van der Waals surface area contributed by atoms with Crippen molar-refractivity contribution in [1.29, 1.82) is 0 Å². The van der Waals surface area contributed by atoms with E-state index < -0.39 is 0 Å². The lowest BCUT2D eigenvalue weighted by molar-refractivity contribution is 0.809. The number of hydrogen-bond acceptors (Lipinski definition) is 8. The smallest absolute Gasteiger partial charge is 0.208 e. The number of hydrogen-bond donors (Lipinski definition) is 1. The number of aryl methyl sites for hydroxylation is 1. The summed E-state index contributed by atoms with van der Waals surface area (Å²) in [5.41, 5.74) is 0. The summed E-state index contributed by atoms with van der Waals surface area (Å²) in [4.78, 5) is 11.1. The predicted octanol–water partition coefficient (Wildman–Crippen LogP) is 2.93. The molecule has 0 spiro atoms. The molecule has 2 aromatic heterocycles. The third kappa shape index (κ3) is 4.53. The molecule has 0 saturated carbocycles. The second-order valence-corrected chi connectivity index (χ2v) is 6.86. The van der Waals surface area contributed by atoms with Crippen molar-refractivity contribution in [2.24, 2.45) is 0 Å². The van der Waals surface area contributed by atoms with Crippen LogP contribution in [0, 0.1) is 0 Å². The van der Waals surface area contributed by atoms with Crippen molar-refractivity contribution in [3.8, 4) is 0 Å². The molecule has 2 aromatic rings. The van der Waals surface area contributed by atoms with Crippen LogP contribution in [0.1, 0.15) is 26.1 Å². The predicted molar refractivity (Wildman–Crippen MR) is 88.5 cm³/mol. The van der Waals surface area contributed by atoms with E-state index in [1.165, 1.54) is 11.8 Å². The number of nitrogens with one attached hydrogen (secondary N) is 1. The molecule has 0 aliphatic rings. The largest absolute Gasteiger partial charge is 0.370 e. The van der Waals surface area contributed by atoms with Crippen molar-refractivity contribution in [3.05, 3.63) is 11.9 Å². The standard InChI is InChI=1S/C13H20N6S2/c1-5-7-9-15-10(14-6-2)8-11(16-9)20-13-18-17-12(21-13)19(3)4/h8H,5-7H2,1-4H3,(H,14,15,16). The van der Waals surface area contributed by atoms with Gasteiger partial charge in [-0.3, -0.25) is 0 Å². The summed E-state index contributed by atoms with van der Waals surface area (Å²) in [6.07, 6.45) is 1.91. The van der Waals surface area contributed by atoms with Gasteiger partial charge in [0.05, 0.1) is 0 Å². The van der Waals surface area contributed by atoms with Crippen LogP contribution < -0.4 is 10.2 Å².